The number of ether oxygens (including phenoxy) is 1. The van der Waals surface area contributed by atoms with Crippen molar-refractivity contribution < 1.29 is 17.9 Å². The van der Waals surface area contributed by atoms with Gasteiger partial charge in [-0.15, -0.1) is 18.3 Å². The number of nitrogens with zero attached hydrogens (tertiary/aromatic N) is 5. The normalized spacial score (nSPS) is 12.8. The Morgan fingerprint density at radius 3 is 2.58 bits per heavy atom. The largest absolute Gasteiger partial charge is 0.573 e. The Labute approximate surface area is 174 Å². The van der Waals surface area contributed by atoms with E-state index in [-0.39, 0.29) is 28.4 Å². The van der Waals surface area contributed by atoms with E-state index in [1.54, 1.807) is 31.3 Å². The number of rotatable bonds is 6. The smallest absolute Gasteiger partial charge is 0.406 e. The van der Waals surface area contributed by atoms with Gasteiger partial charge in [-0.25, -0.2) is 14.6 Å². The van der Waals surface area contributed by atoms with Crippen molar-refractivity contribution >= 4 is 18.2 Å². The summed E-state index contributed by atoms with van der Waals surface area (Å²) in [6.07, 6.45) is 2.04. The lowest BCUT2D eigenvalue weighted by atomic mass is 10.0. The molecular weight excluding hydrogens is 411 g/mol. The SMILES string of the molecule is C=c1nnn(CCc2ccncn2)c(=O)/c1=C/C(=C\C)c1ccc(OC(F)(F)F)cc1. The third-order valence-electron chi connectivity index (χ3n) is 4.30. The van der Waals surface area contributed by atoms with Gasteiger partial charge in [-0.05, 0) is 42.3 Å². The van der Waals surface area contributed by atoms with Crippen LogP contribution in [0.1, 0.15) is 18.2 Å². The maximum absolute atomic E-state index is 12.9. The second-order valence-corrected chi connectivity index (χ2v) is 6.39. The molecule has 2 aromatic heterocycles. The molecule has 2 heterocycles. The van der Waals surface area contributed by atoms with Gasteiger partial charge in [0.25, 0.3) is 5.56 Å². The summed E-state index contributed by atoms with van der Waals surface area (Å²) in [6, 6.07) is 7.09. The number of aromatic nitrogens is 5. The van der Waals surface area contributed by atoms with Crippen molar-refractivity contribution in [1.29, 1.82) is 0 Å². The molecule has 0 radical (unpaired) electrons. The van der Waals surface area contributed by atoms with Gasteiger partial charge in [-0.2, -0.15) is 0 Å². The third kappa shape index (κ3) is 5.84. The van der Waals surface area contributed by atoms with E-state index in [1.807, 2.05) is 0 Å². The lowest BCUT2D eigenvalue weighted by Crippen LogP contribution is -2.48. The van der Waals surface area contributed by atoms with Gasteiger partial charge in [0.15, 0.2) is 0 Å². The van der Waals surface area contributed by atoms with Crippen LogP contribution in [0.4, 0.5) is 13.2 Å². The van der Waals surface area contributed by atoms with E-state index in [1.165, 1.54) is 35.3 Å². The molecule has 0 N–H and O–H groups in total. The number of alkyl halides is 3. The first-order valence-electron chi connectivity index (χ1n) is 9.18. The van der Waals surface area contributed by atoms with Crippen molar-refractivity contribution in [3.63, 3.8) is 0 Å². The molecule has 0 spiro atoms. The molecule has 0 bridgehead atoms. The Morgan fingerprint density at radius 1 is 1.23 bits per heavy atom. The Kier molecular flexibility index (Phi) is 6.58. The molecule has 0 amide bonds. The average Bonchev–Trinajstić information content (AvgIpc) is 2.74. The fourth-order valence-corrected chi connectivity index (χ4v) is 2.78. The molecule has 160 valence electrons. The van der Waals surface area contributed by atoms with Crippen LogP contribution < -0.4 is 20.9 Å². The van der Waals surface area contributed by atoms with E-state index >= 15 is 0 Å². The van der Waals surface area contributed by atoms with Crippen LogP contribution in [-0.2, 0) is 13.0 Å². The summed E-state index contributed by atoms with van der Waals surface area (Å²) in [5.41, 5.74) is 1.57. The predicted molar refractivity (Wildman–Crippen MR) is 108 cm³/mol. The molecule has 31 heavy (non-hydrogen) atoms. The van der Waals surface area contributed by atoms with Gasteiger partial charge in [-0.3, -0.25) is 4.79 Å². The molecule has 3 aromatic rings. The first-order chi connectivity index (χ1) is 14.8. The first kappa shape index (κ1) is 21.9. The number of benzene rings is 1. The van der Waals surface area contributed by atoms with Gasteiger partial charge in [0.2, 0.25) is 0 Å². The third-order valence-corrected chi connectivity index (χ3v) is 4.30. The van der Waals surface area contributed by atoms with Gasteiger partial charge in [-0.1, -0.05) is 30.0 Å². The van der Waals surface area contributed by atoms with Crippen LogP contribution in [0.25, 0.3) is 18.2 Å². The van der Waals surface area contributed by atoms with Crippen LogP contribution in [-0.4, -0.2) is 31.3 Å². The molecule has 0 unspecified atom stereocenters. The molecule has 0 saturated heterocycles. The molecule has 0 aliphatic rings. The van der Waals surface area contributed by atoms with Crippen LogP contribution in [0.15, 0.2) is 53.7 Å². The summed E-state index contributed by atoms with van der Waals surface area (Å²) in [5, 5.41) is 8.28. The predicted octanol–water partition coefficient (Wildman–Crippen LogP) is 1.86. The second kappa shape index (κ2) is 9.33. The number of halogens is 3. The summed E-state index contributed by atoms with van der Waals surface area (Å²) in [6.45, 7) is 5.77. The van der Waals surface area contributed by atoms with Crippen molar-refractivity contribution in [2.75, 3.05) is 0 Å². The standard InChI is InChI=1S/C21H18F3N5O2/c1-3-15(16-4-6-18(7-5-16)31-21(22,23)24)12-19-14(2)27-28-29(20(19)30)11-9-17-8-10-25-13-26-17/h3-8,10,12-13H,2,9,11H2,1H3/b15-3+,19-12+. The zero-order valence-electron chi connectivity index (χ0n) is 16.5. The Hall–Kier alpha value is -3.82. The van der Waals surface area contributed by atoms with Crippen molar-refractivity contribution in [3.8, 4) is 5.75 Å². The van der Waals surface area contributed by atoms with Crippen molar-refractivity contribution in [3.05, 3.63) is 81.1 Å². The highest BCUT2D eigenvalue weighted by Crippen LogP contribution is 2.25. The maximum atomic E-state index is 12.9. The second-order valence-electron chi connectivity index (χ2n) is 6.39. The molecule has 1 aromatic carbocycles. The quantitative estimate of drug-likeness (QED) is 0.595. The molecule has 0 fully saturated rings. The number of hydrogen-bond acceptors (Lipinski definition) is 6. The van der Waals surface area contributed by atoms with Crippen LogP contribution in [0.2, 0.25) is 0 Å². The first-order valence-corrected chi connectivity index (χ1v) is 9.18. The van der Waals surface area contributed by atoms with Gasteiger partial charge < -0.3 is 4.74 Å². The fraction of sp³-hybridized carbons (Fsp3) is 0.190. The minimum Gasteiger partial charge on any atom is -0.406 e. The van der Waals surface area contributed by atoms with E-state index < -0.39 is 6.36 Å². The van der Waals surface area contributed by atoms with Crippen LogP contribution >= 0.6 is 0 Å². The van der Waals surface area contributed by atoms with Gasteiger partial charge in [0.05, 0.1) is 17.1 Å². The molecule has 0 saturated carbocycles. The molecule has 0 aliphatic heterocycles. The highest BCUT2D eigenvalue weighted by molar-refractivity contribution is 5.88. The molecule has 3 rings (SSSR count). The summed E-state index contributed by atoms with van der Waals surface area (Å²) in [5.74, 6) is -0.331. The van der Waals surface area contributed by atoms with Gasteiger partial charge >= 0.3 is 6.36 Å². The van der Waals surface area contributed by atoms with Crippen LogP contribution in [0, 0.1) is 0 Å². The van der Waals surface area contributed by atoms with Gasteiger partial charge in [0, 0.05) is 18.3 Å². The number of hydrogen-bond donors (Lipinski definition) is 0. The zero-order valence-corrected chi connectivity index (χ0v) is 16.5. The summed E-state index contributed by atoms with van der Waals surface area (Å²) >= 11 is 0. The number of allylic oxidation sites excluding steroid dienone is 2. The fourth-order valence-electron chi connectivity index (χ4n) is 2.78. The maximum Gasteiger partial charge on any atom is 0.573 e. The van der Waals surface area contributed by atoms with E-state index in [4.69, 9.17) is 0 Å². The summed E-state index contributed by atoms with van der Waals surface area (Å²) in [4.78, 5) is 20.8. The van der Waals surface area contributed by atoms with E-state index in [2.05, 4.69) is 31.6 Å². The topological polar surface area (TPSA) is 82.8 Å². The van der Waals surface area contributed by atoms with E-state index in [0.29, 0.717) is 17.6 Å². The van der Waals surface area contributed by atoms with E-state index in [9.17, 15) is 18.0 Å². The zero-order chi connectivity index (χ0) is 22.4. The van der Waals surface area contributed by atoms with Crippen LogP contribution in [0.5, 0.6) is 5.75 Å². The van der Waals surface area contributed by atoms with Crippen LogP contribution in [0.3, 0.4) is 0 Å². The Bertz CT molecular complexity index is 1240. The Balaban J connectivity index is 1.90. The lowest BCUT2D eigenvalue weighted by Gasteiger charge is -2.09. The van der Waals surface area contributed by atoms with Crippen molar-refractivity contribution in [2.45, 2.75) is 26.3 Å². The van der Waals surface area contributed by atoms with E-state index in [0.717, 1.165) is 5.69 Å². The molecule has 10 heteroatoms. The number of aryl methyl sites for hydroxylation is 2. The van der Waals surface area contributed by atoms with Crippen molar-refractivity contribution in [1.82, 2.24) is 25.0 Å². The molecule has 0 aliphatic carbocycles. The minimum absolute atomic E-state index is 0.194. The lowest BCUT2D eigenvalue weighted by molar-refractivity contribution is -0.274. The monoisotopic (exact) mass is 429 g/mol. The summed E-state index contributed by atoms with van der Waals surface area (Å²) in [7, 11) is 0. The van der Waals surface area contributed by atoms with Gasteiger partial charge in [0.1, 0.15) is 12.1 Å². The van der Waals surface area contributed by atoms with Crippen molar-refractivity contribution in [2.24, 2.45) is 0 Å². The highest BCUT2D eigenvalue weighted by Gasteiger charge is 2.30. The highest BCUT2D eigenvalue weighted by atomic mass is 19.4. The molecular formula is C21H18F3N5O2. The summed E-state index contributed by atoms with van der Waals surface area (Å²) < 4.78 is 42.1. The molecule has 7 nitrogen and oxygen atoms in total. The minimum atomic E-state index is -4.76. The Morgan fingerprint density at radius 2 is 1.97 bits per heavy atom. The molecule has 0 atom stereocenters. The average molecular weight is 429 g/mol.